The molecule has 0 radical (unpaired) electrons. The van der Waals surface area contributed by atoms with Gasteiger partial charge in [-0.3, -0.25) is 0 Å². The Bertz CT molecular complexity index is 248. The molecule has 0 aromatic heterocycles. The number of hydrogen-bond acceptors (Lipinski definition) is 6. The summed E-state index contributed by atoms with van der Waals surface area (Å²) in [6.45, 7) is -0.445. The topological polar surface area (TPSA) is 120 Å². The van der Waals surface area contributed by atoms with Crippen LogP contribution in [0.1, 0.15) is 0 Å². The Morgan fingerprint density at radius 2 is 2.06 bits per heavy atom. The average molecular weight is 250 g/mol. The van der Waals surface area contributed by atoms with E-state index in [0.29, 0.717) is 0 Å². The number of urea groups is 1. The van der Waals surface area contributed by atoms with Crippen molar-refractivity contribution >= 4 is 6.03 Å². The van der Waals surface area contributed by atoms with Gasteiger partial charge in [0.1, 0.15) is 18.3 Å². The highest BCUT2D eigenvalue weighted by molar-refractivity contribution is 5.74. The molecule has 1 rings (SSSR count). The summed E-state index contributed by atoms with van der Waals surface area (Å²) in [4.78, 5) is 11.2. The predicted octanol–water partition coefficient (Wildman–Crippen LogP) is -2.63. The number of carbonyl (C=O) groups excluding carboxylic acids is 1. The predicted molar refractivity (Wildman–Crippen MR) is 56.1 cm³/mol. The van der Waals surface area contributed by atoms with Crippen LogP contribution >= 0.6 is 0 Å². The number of hydrogen-bond donors (Lipinski definition) is 5. The van der Waals surface area contributed by atoms with Gasteiger partial charge in [0.25, 0.3) is 0 Å². The van der Waals surface area contributed by atoms with Crippen LogP contribution in [0, 0.1) is 0 Å². The van der Waals surface area contributed by atoms with Crippen LogP contribution < -0.4 is 10.6 Å². The minimum absolute atomic E-state index is 0.445. The lowest BCUT2D eigenvalue weighted by molar-refractivity contribution is -0.270. The summed E-state index contributed by atoms with van der Waals surface area (Å²) in [6.07, 6.45) is -4.39. The van der Waals surface area contributed by atoms with Crippen molar-refractivity contribution in [2.24, 2.45) is 0 Å². The lowest BCUT2D eigenvalue weighted by Crippen LogP contribution is -2.65. The standard InChI is InChI=1S/C9H18N2O6/c1-10-9(15)11-5-6(13)4(3-12)17-8(16-2)7(5)14/h4-8,12-14H,3H2,1-2H3,(H2,10,11,15). The third-order valence-electron chi connectivity index (χ3n) is 2.64. The van der Waals surface area contributed by atoms with Gasteiger partial charge in [0.2, 0.25) is 0 Å². The van der Waals surface area contributed by atoms with E-state index in [1.54, 1.807) is 0 Å². The number of ether oxygens (including phenoxy) is 2. The molecule has 1 aliphatic rings. The molecule has 8 nitrogen and oxygen atoms in total. The smallest absolute Gasteiger partial charge is 0.314 e. The van der Waals surface area contributed by atoms with Gasteiger partial charge in [-0.05, 0) is 0 Å². The first-order chi connectivity index (χ1) is 8.04. The minimum Gasteiger partial charge on any atom is -0.394 e. The van der Waals surface area contributed by atoms with Crippen molar-refractivity contribution in [3.05, 3.63) is 0 Å². The van der Waals surface area contributed by atoms with E-state index < -0.39 is 43.3 Å². The molecule has 0 spiro atoms. The summed E-state index contributed by atoms with van der Waals surface area (Å²) in [5.41, 5.74) is 0. The SMILES string of the molecule is CNC(=O)NC1C(O)C(CO)OC(OC)C1O. The normalized spacial score (nSPS) is 37.6. The van der Waals surface area contributed by atoms with E-state index in [0.717, 1.165) is 0 Å². The van der Waals surface area contributed by atoms with Crippen molar-refractivity contribution in [3.8, 4) is 0 Å². The molecule has 0 aliphatic carbocycles. The first-order valence-corrected chi connectivity index (χ1v) is 5.18. The second-order valence-corrected chi connectivity index (χ2v) is 3.69. The maximum Gasteiger partial charge on any atom is 0.314 e. The zero-order chi connectivity index (χ0) is 13.0. The summed E-state index contributed by atoms with van der Waals surface area (Å²) in [5.74, 6) is 0. The highest BCUT2D eigenvalue weighted by Crippen LogP contribution is 2.21. The van der Waals surface area contributed by atoms with Crippen molar-refractivity contribution in [2.75, 3.05) is 20.8 Å². The second-order valence-electron chi connectivity index (χ2n) is 3.69. The summed E-state index contributed by atoms with van der Waals surface area (Å²) in [5, 5.41) is 33.3. The summed E-state index contributed by atoms with van der Waals surface area (Å²) >= 11 is 0. The summed E-state index contributed by atoms with van der Waals surface area (Å²) in [7, 11) is 2.72. The van der Waals surface area contributed by atoms with E-state index in [9.17, 15) is 15.0 Å². The number of carbonyl (C=O) groups is 1. The van der Waals surface area contributed by atoms with E-state index in [-0.39, 0.29) is 0 Å². The number of methoxy groups -OCH3 is 1. The molecule has 5 atom stereocenters. The Labute approximate surface area is 98.5 Å². The lowest BCUT2D eigenvalue weighted by Gasteiger charge is -2.41. The first-order valence-electron chi connectivity index (χ1n) is 5.18. The van der Waals surface area contributed by atoms with Crippen molar-refractivity contribution in [1.29, 1.82) is 0 Å². The van der Waals surface area contributed by atoms with Gasteiger partial charge in [-0.2, -0.15) is 0 Å². The van der Waals surface area contributed by atoms with Crippen LogP contribution in [0.15, 0.2) is 0 Å². The quantitative estimate of drug-likeness (QED) is 0.374. The van der Waals surface area contributed by atoms with Gasteiger partial charge in [-0.15, -0.1) is 0 Å². The molecular formula is C9H18N2O6. The minimum atomic E-state index is -1.23. The molecule has 0 aromatic rings. The average Bonchev–Trinajstić information content (AvgIpc) is 2.34. The van der Waals surface area contributed by atoms with E-state index in [1.165, 1.54) is 14.2 Å². The maximum atomic E-state index is 11.2. The van der Waals surface area contributed by atoms with Crippen LogP contribution in [-0.4, -0.2) is 72.8 Å². The summed E-state index contributed by atoms with van der Waals surface area (Å²) < 4.78 is 9.97. The van der Waals surface area contributed by atoms with E-state index in [2.05, 4.69) is 10.6 Å². The van der Waals surface area contributed by atoms with Crippen molar-refractivity contribution in [1.82, 2.24) is 10.6 Å². The molecule has 1 fully saturated rings. The molecule has 0 bridgehead atoms. The van der Waals surface area contributed by atoms with E-state index in [1.807, 2.05) is 0 Å². The number of rotatable bonds is 3. The van der Waals surface area contributed by atoms with Crippen molar-refractivity contribution in [2.45, 2.75) is 30.6 Å². The first kappa shape index (κ1) is 14.1. The fourth-order valence-corrected chi connectivity index (χ4v) is 1.68. The van der Waals surface area contributed by atoms with E-state index in [4.69, 9.17) is 14.6 Å². The molecule has 5 N–H and O–H groups in total. The second kappa shape index (κ2) is 6.12. The molecule has 100 valence electrons. The van der Waals surface area contributed by atoms with Crippen molar-refractivity contribution in [3.63, 3.8) is 0 Å². The van der Waals surface area contributed by atoms with Gasteiger partial charge in [0.05, 0.1) is 12.6 Å². The molecule has 0 aromatic carbocycles. The van der Waals surface area contributed by atoms with Crippen molar-refractivity contribution < 1.29 is 29.6 Å². The molecule has 0 saturated carbocycles. The zero-order valence-corrected chi connectivity index (χ0v) is 9.66. The number of aliphatic hydroxyl groups is 3. The van der Waals surface area contributed by atoms with Gasteiger partial charge in [-0.25, -0.2) is 4.79 Å². The highest BCUT2D eigenvalue weighted by Gasteiger charge is 2.45. The molecule has 1 saturated heterocycles. The Morgan fingerprint density at radius 1 is 1.41 bits per heavy atom. The van der Waals surface area contributed by atoms with Gasteiger partial charge >= 0.3 is 6.03 Å². The number of aliphatic hydroxyl groups excluding tert-OH is 3. The highest BCUT2D eigenvalue weighted by atomic mass is 16.7. The van der Waals surface area contributed by atoms with Crippen LogP contribution in [0.3, 0.4) is 0 Å². The molecule has 5 unspecified atom stereocenters. The Morgan fingerprint density at radius 3 is 2.53 bits per heavy atom. The van der Waals surface area contributed by atoms with Crippen LogP contribution in [0.2, 0.25) is 0 Å². The maximum absolute atomic E-state index is 11.2. The molecular weight excluding hydrogens is 232 g/mol. The van der Waals surface area contributed by atoms with Gasteiger partial charge in [0, 0.05) is 14.2 Å². The molecule has 2 amide bonds. The van der Waals surface area contributed by atoms with Crippen LogP contribution in [0.4, 0.5) is 4.79 Å². The van der Waals surface area contributed by atoms with Gasteiger partial charge in [-0.1, -0.05) is 0 Å². The lowest BCUT2D eigenvalue weighted by atomic mass is 9.96. The largest absolute Gasteiger partial charge is 0.394 e. The fourth-order valence-electron chi connectivity index (χ4n) is 1.68. The molecule has 1 heterocycles. The van der Waals surface area contributed by atoms with Gasteiger partial charge in [0.15, 0.2) is 6.29 Å². The molecule has 17 heavy (non-hydrogen) atoms. The third-order valence-corrected chi connectivity index (χ3v) is 2.64. The molecule has 1 aliphatic heterocycles. The Balaban J connectivity index is 2.77. The zero-order valence-electron chi connectivity index (χ0n) is 9.66. The van der Waals surface area contributed by atoms with Crippen LogP contribution in [0.25, 0.3) is 0 Å². The van der Waals surface area contributed by atoms with Crippen LogP contribution in [-0.2, 0) is 9.47 Å². The number of nitrogens with one attached hydrogen (secondary N) is 2. The van der Waals surface area contributed by atoms with Gasteiger partial charge < -0.3 is 35.4 Å². The third kappa shape index (κ3) is 3.05. The Hall–Kier alpha value is -0.930. The fraction of sp³-hybridized carbons (Fsp3) is 0.889. The van der Waals surface area contributed by atoms with E-state index >= 15 is 0 Å². The number of amides is 2. The Kier molecular flexibility index (Phi) is 5.09. The molecule has 8 heteroatoms. The van der Waals surface area contributed by atoms with Crippen LogP contribution in [0.5, 0.6) is 0 Å². The summed E-state index contributed by atoms with van der Waals surface area (Å²) in [6, 6.07) is -1.53. The monoisotopic (exact) mass is 250 g/mol.